The van der Waals surface area contributed by atoms with Gasteiger partial charge >= 0.3 is 5.97 Å². The first-order chi connectivity index (χ1) is 12.5. The Kier molecular flexibility index (Phi) is 5.47. The van der Waals surface area contributed by atoms with E-state index in [1.165, 1.54) is 22.2 Å². The van der Waals surface area contributed by atoms with Crippen LogP contribution in [0.5, 0.6) is 0 Å². The Morgan fingerprint density at radius 1 is 1.33 bits per heavy atom. The molecule has 1 unspecified atom stereocenters. The van der Waals surface area contributed by atoms with Crippen LogP contribution in [-0.2, 0) is 22.4 Å². The Balaban J connectivity index is 1.95. The van der Waals surface area contributed by atoms with E-state index < -0.39 is 4.75 Å². The lowest BCUT2D eigenvalue weighted by atomic mass is 9.72. The van der Waals surface area contributed by atoms with Crippen molar-refractivity contribution in [3.63, 3.8) is 0 Å². The largest absolute Gasteiger partial charge is 0.465 e. The highest BCUT2D eigenvalue weighted by atomic mass is 32.2. The minimum absolute atomic E-state index is 0.103. The molecular formula is C20H28N2O3S2. The third-order valence-corrected chi connectivity index (χ3v) is 7.45. The second-order valence-corrected chi connectivity index (χ2v) is 11.4. The first kappa shape index (κ1) is 20.4. The average molecular weight is 409 g/mol. The van der Waals surface area contributed by atoms with Gasteiger partial charge in [0.15, 0.2) is 5.16 Å². The van der Waals surface area contributed by atoms with Gasteiger partial charge in [0.25, 0.3) is 5.56 Å². The number of rotatable bonds is 4. The van der Waals surface area contributed by atoms with Gasteiger partial charge in [-0.25, -0.2) is 4.98 Å². The van der Waals surface area contributed by atoms with E-state index in [-0.39, 0.29) is 16.9 Å². The van der Waals surface area contributed by atoms with Crippen molar-refractivity contribution in [2.45, 2.75) is 70.7 Å². The Morgan fingerprint density at radius 3 is 2.67 bits per heavy atom. The molecule has 1 aliphatic rings. The summed E-state index contributed by atoms with van der Waals surface area (Å²) in [6.45, 7) is 12.5. The van der Waals surface area contributed by atoms with E-state index in [0.717, 1.165) is 29.5 Å². The maximum Gasteiger partial charge on any atom is 0.322 e. The Hall–Kier alpha value is -1.34. The van der Waals surface area contributed by atoms with Crippen molar-refractivity contribution in [3.05, 3.63) is 20.8 Å². The van der Waals surface area contributed by atoms with Crippen LogP contribution in [-0.4, -0.2) is 27.3 Å². The van der Waals surface area contributed by atoms with E-state index in [9.17, 15) is 9.59 Å². The van der Waals surface area contributed by atoms with Crippen LogP contribution in [0.1, 0.15) is 58.4 Å². The van der Waals surface area contributed by atoms with Crippen molar-refractivity contribution in [3.8, 4) is 0 Å². The quantitative estimate of drug-likeness (QED) is 0.456. The summed E-state index contributed by atoms with van der Waals surface area (Å²) in [6.07, 6.45) is 3.05. The minimum atomic E-state index is -0.812. The van der Waals surface area contributed by atoms with Gasteiger partial charge in [0, 0.05) is 4.88 Å². The Labute approximate surface area is 168 Å². The van der Waals surface area contributed by atoms with E-state index in [4.69, 9.17) is 4.74 Å². The molecule has 0 saturated carbocycles. The minimum Gasteiger partial charge on any atom is -0.465 e. The molecule has 2 heterocycles. The van der Waals surface area contributed by atoms with Crippen molar-refractivity contribution in [2.24, 2.45) is 11.3 Å². The fraction of sp³-hybridized carbons (Fsp3) is 0.650. The molecule has 0 aliphatic heterocycles. The molecule has 7 heteroatoms. The molecule has 0 fully saturated rings. The standard InChI is InChI=1S/C20H28N2O3S2/c1-7-25-17(24)20(5,6)27-18-21-15(23)14-12-9-8-11(19(2,3)4)10-13(12)26-16(14)22-18/h11H,7-10H2,1-6H3,(H,21,22,23). The molecule has 27 heavy (non-hydrogen) atoms. The lowest BCUT2D eigenvalue weighted by Gasteiger charge is -2.33. The number of carbonyl (C=O) groups is 1. The number of esters is 1. The van der Waals surface area contributed by atoms with Gasteiger partial charge in [-0.1, -0.05) is 32.5 Å². The molecule has 2 aromatic rings. The molecule has 2 aromatic heterocycles. The van der Waals surface area contributed by atoms with E-state index >= 15 is 0 Å². The van der Waals surface area contributed by atoms with Crippen molar-refractivity contribution >= 4 is 39.3 Å². The SMILES string of the molecule is CCOC(=O)C(C)(C)Sc1nc2sc3c(c2c(=O)[nH]1)CCC(C(C)(C)C)C3. The molecule has 148 valence electrons. The highest BCUT2D eigenvalue weighted by molar-refractivity contribution is 8.01. The van der Waals surface area contributed by atoms with E-state index in [2.05, 4.69) is 30.7 Å². The molecule has 0 saturated heterocycles. The van der Waals surface area contributed by atoms with Crippen molar-refractivity contribution in [1.82, 2.24) is 9.97 Å². The molecule has 1 N–H and O–H groups in total. The van der Waals surface area contributed by atoms with Gasteiger partial charge in [-0.3, -0.25) is 9.59 Å². The van der Waals surface area contributed by atoms with Crippen LogP contribution in [0, 0.1) is 11.3 Å². The number of H-pyrrole nitrogens is 1. The summed E-state index contributed by atoms with van der Waals surface area (Å²) in [5.74, 6) is 0.310. The number of aryl methyl sites for hydroxylation is 1. The molecule has 1 aliphatic carbocycles. The fourth-order valence-corrected chi connectivity index (χ4v) is 5.80. The summed E-state index contributed by atoms with van der Waals surface area (Å²) in [6, 6.07) is 0. The zero-order valence-electron chi connectivity index (χ0n) is 16.9. The third-order valence-electron chi connectivity index (χ3n) is 5.24. The monoisotopic (exact) mass is 408 g/mol. The van der Waals surface area contributed by atoms with Gasteiger partial charge in [-0.05, 0) is 56.9 Å². The van der Waals surface area contributed by atoms with Gasteiger partial charge in [-0.2, -0.15) is 0 Å². The Morgan fingerprint density at radius 2 is 2.04 bits per heavy atom. The maximum atomic E-state index is 12.8. The van der Waals surface area contributed by atoms with Crippen molar-refractivity contribution in [2.75, 3.05) is 6.61 Å². The van der Waals surface area contributed by atoms with E-state index in [1.54, 1.807) is 32.1 Å². The molecule has 5 nitrogen and oxygen atoms in total. The molecule has 0 spiro atoms. The number of hydrogen-bond donors (Lipinski definition) is 1. The van der Waals surface area contributed by atoms with Gasteiger partial charge in [0.1, 0.15) is 9.58 Å². The number of fused-ring (bicyclic) bond motifs is 3. The number of thioether (sulfide) groups is 1. The smallest absolute Gasteiger partial charge is 0.322 e. The van der Waals surface area contributed by atoms with Crippen LogP contribution < -0.4 is 5.56 Å². The number of carbonyl (C=O) groups excluding carboxylic acids is 1. The summed E-state index contributed by atoms with van der Waals surface area (Å²) in [4.78, 5) is 34.5. The highest BCUT2D eigenvalue weighted by Crippen LogP contribution is 2.42. The number of hydrogen-bond acceptors (Lipinski definition) is 6. The highest BCUT2D eigenvalue weighted by Gasteiger charge is 2.34. The van der Waals surface area contributed by atoms with Gasteiger partial charge < -0.3 is 9.72 Å². The molecule has 0 radical (unpaired) electrons. The van der Waals surface area contributed by atoms with Crippen molar-refractivity contribution < 1.29 is 9.53 Å². The molecule has 0 aromatic carbocycles. The van der Waals surface area contributed by atoms with Crippen LogP contribution in [0.25, 0.3) is 10.2 Å². The lowest BCUT2D eigenvalue weighted by molar-refractivity contribution is -0.145. The molecular weight excluding hydrogens is 380 g/mol. The predicted octanol–water partition coefficient (Wildman–Crippen LogP) is 4.57. The number of aromatic amines is 1. The number of nitrogens with one attached hydrogen (secondary N) is 1. The first-order valence-corrected chi connectivity index (χ1v) is 11.1. The van der Waals surface area contributed by atoms with E-state index in [1.807, 2.05) is 0 Å². The van der Waals surface area contributed by atoms with Gasteiger partial charge in [0.05, 0.1) is 12.0 Å². The molecule has 0 bridgehead atoms. The number of ether oxygens (including phenoxy) is 1. The summed E-state index contributed by atoms with van der Waals surface area (Å²) < 4.78 is 4.32. The van der Waals surface area contributed by atoms with Crippen LogP contribution in [0.15, 0.2) is 9.95 Å². The lowest BCUT2D eigenvalue weighted by Crippen LogP contribution is -2.30. The van der Waals surface area contributed by atoms with Gasteiger partial charge in [0.2, 0.25) is 0 Å². The zero-order chi connectivity index (χ0) is 20.0. The van der Waals surface area contributed by atoms with Crippen LogP contribution in [0.3, 0.4) is 0 Å². The topological polar surface area (TPSA) is 72.0 Å². The third kappa shape index (κ3) is 4.09. The second kappa shape index (κ2) is 7.24. The Bertz CT molecular complexity index is 922. The van der Waals surface area contributed by atoms with Gasteiger partial charge in [-0.15, -0.1) is 11.3 Å². The van der Waals surface area contributed by atoms with Crippen LogP contribution in [0.2, 0.25) is 0 Å². The summed E-state index contributed by atoms with van der Waals surface area (Å²) in [7, 11) is 0. The second-order valence-electron chi connectivity index (χ2n) is 8.69. The van der Waals surface area contributed by atoms with Crippen LogP contribution >= 0.6 is 23.1 Å². The van der Waals surface area contributed by atoms with Crippen LogP contribution in [0.4, 0.5) is 0 Å². The number of aromatic nitrogens is 2. The predicted molar refractivity (Wildman–Crippen MR) is 112 cm³/mol. The summed E-state index contributed by atoms with van der Waals surface area (Å²) in [5.41, 5.74) is 1.33. The summed E-state index contributed by atoms with van der Waals surface area (Å²) in [5, 5.41) is 1.21. The summed E-state index contributed by atoms with van der Waals surface area (Å²) >= 11 is 2.87. The maximum absolute atomic E-state index is 12.8. The molecule has 1 atom stereocenters. The zero-order valence-corrected chi connectivity index (χ0v) is 18.5. The molecule has 0 amide bonds. The molecule has 3 rings (SSSR count). The average Bonchev–Trinajstić information content (AvgIpc) is 2.91. The fourth-order valence-electron chi connectivity index (χ4n) is 3.54. The number of nitrogens with zero attached hydrogens (tertiary/aromatic N) is 1. The first-order valence-electron chi connectivity index (χ1n) is 9.43. The number of thiophene rings is 1. The van der Waals surface area contributed by atoms with Crippen molar-refractivity contribution in [1.29, 1.82) is 0 Å². The van der Waals surface area contributed by atoms with E-state index in [0.29, 0.717) is 17.7 Å². The normalized spacial score (nSPS) is 17.8.